The first-order chi connectivity index (χ1) is 10.2. The van der Waals surface area contributed by atoms with Gasteiger partial charge in [-0.05, 0) is 42.2 Å². The second kappa shape index (κ2) is 7.71. The van der Waals surface area contributed by atoms with E-state index in [9.17, 15) is 4.39 Å². The molecule has 1 heterocycles. The van der Waals surface area contributed by atoms with Gasteiger partial charge in [-0.2, -0.15) is 0 Å². The molecule has 0 amide bonds. The van der Waals surface area contributed by atoms with Crippen LogP contribution in [0.15, 0.2) is 42.7 Å². The van der Waals surface area contributed by atoms with Gasteiger partial charge in [-0.15, -0.1) is 0 Å². The summed E-state index contributed by atoms with van der Waals surface area (Å²) in [6.45, 7) is 2.71. The largest absolute Gasteiger partial charge is 0.492 e. The van der Waals surface area contributed by atoms with Crippen LogP contribution in [-0.4, -0.2) is 11.6 Å². The molecule has 0 radical (unpaired) electrons. The molecule has 4 nitrogen and oxygen atoms in total. The van der Waals surface area contributed by atoms with Crippen molar-refractivity contribution in [3.63, 3.8) is 0 Å². The Labute approximate surface area is 124 Å². The summed E-state index contributed by atoms with van der Waals surface area (Å²) in [5.74, 6) is 6.13. The number of nitrogens with zero attached hydrogens (tertiary/aromatic N) is 1. The first kappa shape index (κ1) is 15.4. The molecule has 2 rings (SSSR count). The predicted octanol–water partition coefficient (Wildman–Crippen LogP) is 2.76. The van der Waals surface area contributed by atoms with Gasteiger partial charge < -0.3 is 4.74 Å². The van der Waals surface area contributed by atoms with Crippen LogP contribution in [0.4, 0.5) is 4.39 Å². The molecule has 3 N–H and O–H groups in total. The lowest BCUT2D eigenvalue weighted by molar-refractivity contribution is 0.315. The van der Waals surface area contributed by atoms with Crippen LogP contribution in [-0.2, 0) is 6.42 Å². The first-order valence-corrected chi connectivity index (χ1v) is 7.01. The number of hydrogen-bond donors (Lipinski definition) is 2. The van der Waals surface area contributed by atoms with Crippen molar-refractivity contribution in [1.82, 2.24) is 10.4 Å². The van der Waals surface area contributed by atoms with E-state index in [0.717, 1.165) is 23.3 Å². The summed E-state index contributed by atoms with van der Waals surface area (Å²) >= 11 is 0. The molecular formula is C16H20FN3O. The number of pyridine rings is 1. The highest BCUT2D eigenvalue weighted by molar-refractivity contribution is 5.28. The molecule has 1 unspecified atom stereocenters. The highest BCUT2D eigenvalue weighted by atomic mass is 19.1. The minimum Gasteiger partial charge on any atom is -0.492 e. The van der Waals surface area contributed by atoms with Gasteiger partial charge in [0, 0.05) is 6.20 Å². The molecule has 0 saturated heterocycles. The van der Waals surface area contributed by atoms with E-state index in [4.69, 9.17) is 10.6 Å². The summed E-state index contributed by atoms with van der Waals surface area (Å²) in [5.41, 5.74) is 4.71. The van der Waals surface area contributed by atoms with E-state index in [-0.39, 0.29) is 11.9 Å². The summed E-state index contributed by atoms with van der Waals surface area (Å²) in [4.78, 5) is 4.18. The maximum atomic E-state index is 12.9. The Morgan fingerprint density at radius 1 is 1.29 bits per heavy atom. The normalized spacial score (nSPS) is 12.1. The number of hydrogen-bond acceptors (Lipinski definition) is 4. The van der Waals surface area contributed by atoms with Gasteiger partial charge in [0.25, 0.3) is 0 Å². The van der Waals surface area contributed by atoms with Gasteiger partial charge in [-0.3, -0.25) is 16.3 Å². The summed E-state index contributed by atoms with van der Waals surface area (Å²) in [6.07, 6.45) is 5.03. The second-order valence-electron chi connectivity index (χ2n) is 4.85. The zero-order chi connectivity index (χ0) is 15.1. The maximum absolute atomic E-state index is 12.9. The van der Waals surface area contributed by atoms with Crippen LogP contribution in [0.5, 0.6) is 5.75 Å². The second-order valence-corrected chi connectivity index (χ2v) is 4.85. The summed E-state index contributed by atoms with van der Waals surface area (Å²) < 4.78 is 18.5. The Hall–Kier alpha value is -1.98. The standard InChI is InChI=1S/C16H20FN3O/c1-2-7-21-15-9-13(10-19-11-15)16(20-18)8-12-3-5-14(17)6-4-12/h3-6,9-11,16,20H,2,7-8,18H2,1H3. The number of benzene rings is 1. The quantitative estimate of drug-likeness (QED) is 0.608. The average Bonchev–Trinajstić information content (AvgIpc) is 2.52. The van der Waals surface area contributed by atoms with Crippen LogP contribution in [0.2, 0.25) is 0 Å². The van der Waals surface area contributed by atoms with E-state index in [1.54, 1.807) is 24.5 Å². The number of aromatic nitrogens is 1. The molecule has 0 saturated carbocycles. The molecule has 1 aromatic carbocycles. The summed E-state index contributed by atoms with van der Waals surface area (Å²) in [5, 5.41) is 0. The summed E-state index contributed by atoms with van der Waals surface area (Å²) in [6, 6.07) is 8.23. The highest BCUT2D eigenvalue weighted by Crippen LogP contribution is 2.21. The molecule has 0 aliphatic carbocycles. The van der Waals surface area contributed by atoms with E-state index in [1.165, 1.54) is 12.1 Å². The molecule has 2 aromatic rings. The molecule has 1 atom stereocenters. The number of hydrazine groups is 1. The van der Waals surface area contributed by atoms with E-state index in [0.29, 0.717) is 13.0 Å². The number of nitrogens with two attached hydrogens (primary N) is 1. The van der Waals surface area contributed by atoms with Crippen molar-refractivity contribution in [1.29, 1.82) is 0 Å². The molecule has 0 spiro atoms. The van der Waals surface area contributed by atoms with E-state index in [2.05, 4.69) is 17.3 Å². The molecule has 0 aliphatic rings. The average molecular weight is 289 g/mol. The smallest absolute Gasteiger partial charge is 0.137 e. The maximum Gasteiger partial charge on any atom is 0.137 e. The van der Waals surface area contributed by atoms with Crippen LogP contribution in [0, 0.1) is 5.82 Å². The predicted molar refractivity (Wildman–Crippen MR) is 80.2 cm³/mol. The van der Waals surface area contributed by atoms with Gasteiger partial charge in [0.05, 0.1) is 18.8 Å². The van der Waals surface area contributed by atoms with Crippen molar-refractivity contribution in [3.05, 3.63) is 59.7 Å². The van der Waals surface area contributed by atoms with E-state index < -0.39 is 0 Å². The minimum absolute atomic E-state index is 0.104. The minimum atomic E-state index is -0.243. The fraction of sp³-hybridized carbons (Fsp3) is 0.312. The number of ether oxygens (including phenoxy) is 1. The number of halogens is 1. The van der Waals surface area contributed by atoms with Gasteiger partial charge in [0.1, 0.15) is 11.6 Å². The van der Waals surface area contributed by atoms with Crippen LogP contribution in [0.1, 0.15) is 30.5 Å². The molecule has 0 fully saturated rings. The third-order valence-electron chi connectivity index (χ3n) is 3.16. The van der Waals surface area contributed by atoms with E-state index >= 15 is 0 Å². The Kier molecular flexibility index (Phi) is 5.66. The summed E-state index contributed by atoms with van der Waals surface area (Å²) in [7, 11) is 0. The zero-order valence-corrected chi connectivity index (χ0v) is 12.1. The van der Waals surface area contributed by atoms with Crippen molar-refractivity contribution < 1.29 is 9.13 Å². The SMILES string of the molecule is CCCOc1cncc(C(Cc2ccc(F)cc2)NN)c1. The molecule has 5 heteroatoms. The van der Waals surface area contributed by atoms with E-state index in [1.807, 2.05) is 6.07 Å². The lowest BCUT2D eigenvalue weighted by Gasteiger charge is -2.17. The third kappa shape index (κ3) is 4.51. The van der Waals surface area contributed by atoms with Crippen LogP contribution < -0.4 is 16.0 Å². The Balaban J connectivity index is 2.11. The monoisotopic (exact) mass is 289 g/mol. The van der Waals surface area contributed by atoms with Gasteiger partial charge in [0.2, 0.25) is 0 Å². The fourth-order valence-corrected chi connectivity index (χ4v) is 2.05. The number of nitrogens with one attached hydrogen (secondary N) is 1. The third-order valence-corrected chi connectivity index (χ3v) is 3.16. The van der Waals surface area contributed by atoms with Gasteiger partial charge in [-0.1, -0.05) is 19.1 Å². The Morgan fingerprint density at radius 3 is 2.71 bits per heavy atom. The van der Waals surface area contributed by atoms with Crippen molar-refractivity contribution in [2.45, 2.75) is 25.8 Å². The molecule has 112 valence electrons. The molecule has 21 heavy (non-hydrogen) atoms. The number of rotatable bonds is 7. The fourth-order valence-electron chi connectivity index (χ4n) is 2.05. The van der Waals surface area contributed by atoms with Gasteiger partial charge >= 0.3 is 0 Å². The topological polar surface area (TPSA) is 60.2 Å². The van der Waals surface area contributed by atoms with Crippen LogP contribution in [0.25, 0.3) is 0 Å². The highest BCUT2D eigenvalue weighted by Gasteiger charge is 2.12. The van der Waals surface area contributed by atoms with Crippen LogP contribution in [0.3, 0.4) is 0 Å². The van der Waals surface area contributed by atoms with Crippen molar-refractivity contribution in [2.24, 2.45) is 5.84 Å². The molecular weight excluding hydrogens is 269 g/mol. The zero-order valence-electron chi connectivity index (χ0n) is 12.1. The lowest BCUT2D eigenvalue weighted by Crippen LogP contribution is -2.29. The van der Waals surface area contributed by atoms with Crippen molar-refractivity contribution >= 4 is 0 Å². The molecule has 0 aliphatic heterocycles. The first-order valence-electron chi connectivity index (χ1n) is 7.01. The van der Waals surface area contributed by atoms with Crippen molar-refractivity contribution in [2.75, 3.05) is 6.61 Å². The van der Waals surface area contributed by atoms with Gasteiger partial charge in [0.15, 0.2) is 0 Å². The Morgan fingerprint density at radius 2 is 2.05 bits per heavy atom. The molecule has 1 aromatic heterocycles. The Bertz CT molecular complexity index is 560. The lowest BCUT2D eigenvalue weighted by atomic mass is 10.0. The van der Waals surface area contributed by atoms with Gasteiger partial charge in [-0.25, -0.2) is 4.39 Å². The van der Waals surface area contributed by atoms with Crippen molar-refractivity contribution in [3.8, 4) is 5.75 Å². The molecule has 0 bridgehead atoms. The van der Waals surface area contributed by atoms with Crippen LogP contribution >= 0.6 is 0 Å².